The number of carbonyl (C=O) groups is 1. The van der Waals surface area contributed by atoms with Crippen molar-refractivity contribution in [3.8, 4) is 0 Å². The van der Waals surface area contributed by atoms with Gasteiger partial charge in [-0.2, -0.15) is 0 Å². The lowest BCUT2D eigenvalue weighted by Gasteiger charge is -2.34. The Bertz CT molecular complexity index is 1260. The van der Waals surface area contributed by atoms with Crippen molar-refractivity contribution in [3.05, 3.63) is 70.0 Å². The standard InChI is InChI=1S/C34H44F6N2O3/c1-22-7-6-8-27(30(22)24-9-12-26(13-10-24)45-34(38,39)40)31(33(43)44)41(2)19-15-23(16-20-42-17-4-3-5-18-42)28-21-25(32(36)37)11-14-29(28)35/h6-8,11,14,21,23-24,26,31-32H,3-5,9-10,12-13,15-20H2,1-2H3,(H,43,44)/t23-,24?,26?,31-/m1/s1. The molecule has 0 unspecified atom stereocenters. The molecule has 250 valence electrons. The Morgan fingerprint density at radius 1 is 1.02 bits per heavy atom. The number of aliphatic carboxylic acids is 1. The van der Waals surface area contributed by atoms with Crippen LogP contribution in [0.15, 0.2) is 36.4 Å². The quantitative estimate of drug-likeness (QED) is 0.222. The van der Waals surface area contributed by atoms with Crippen molar-refractivity contribution >= 4 is 5.97 Å². The van der Waals surface area contributed by atoms with Crippen molar-refractivity contribution in [3.63, 3.8) is 0 Å². The second kappa shape index (κ2) is 15.8. The van der Waals surface area contributed by atoms with Crippen molar-refractivity contribution in [1.82, 2.24) is 9.80 Å². The Labute approximate surface area is 261 Å². The average molecular weight is 643 g/mol. The molecule has 1 aliphatic carbocycles. The first-order chi connectivity index (χ1) is 21.3. The van der Waals surface area contributed by atoms with Gasteiger partial charge in [-0.05, 0) is 138 Å². The van der Waals surface area contributed by atoms with Gasteiger partial charge in [0.15, 0.2) is 0 Å². The van der Waals surface area contributed by atoms with E-state index in [4.69, 9.17) is 0 Å². The van der Waals surface area contributed by atoms with E-state index in [1.165, 1.54) is 6.07 Å². The van der Waals surface area contributed by atoms with Crippen LogP contribution in [0.1, 0.15) is 110 Å². The van der Waals surface area contributed by atoms with Crippen LogP contribution in [-0.4, -0.2) is 66.6 Å². The highest BCUT2D eigenvalue weighted by Gasteiger charge is 2.37. The molecule has 11 heteroatoms. The number of ether oxygens (including phenoxy) is 1. The second-order valence-electron chi connectivity index (χ2n) is 12.6. The molecule has 4 rings (SSSR count). The second-order valence-corrected chi connectivity index (χ2v) is 12.6. The Hall–Kier alpha value is -2.63. The number of alkyl halides is 5. The zero-order valence-corrected chi connectivity index (χ0v) is 26.0. The van der Waals surface area contributed by atoms with E-state index in [-0.39, 0.29) is 36.4 Å². The van der Waals surface area contributed by atoms with Gasteiger partial charge in [0, 0.05) is 5.56 Å². The number of benzene rings is 2. The number of piperidine rings is 1. The summed E-state index contributed by atoms with van der Waals surface area (Å²) in [4.78, 5) is 16.8. The van der Waals surface area contributed by atoms with E-state index in [0.717, 1.165) is 55.6 Å². The van der Waals surface area contributed by atoms with Crippen molar-refractivity contribution < 1.29 is 41.0 Å². The van der Waals surface area contributed by atoms with E-state index in [1.807, 2.05) is 13.0 Å². The molecule has 2 aliphatic rings. The number of aryl methyl sites for hydroxylation is 1. The molecule has 2 aromatic rings. The normalized spacial score (nSPS) is 21.3. The number of carboxylic acids is 1. The first-order valence-electron chi connectivity index (χ1n) is 15.9. The summed E-state index contributed by atoms with van der Waals surface area (Å²) in [5, 5.41) is 10.4. The van der Waals surface area contributed by atoms with E-state index < -0.39 is 42.6 Å². The maximum Gasteiger partial charge on any atom is 0.522 e. The van der Waals surface area contributed by atoms with Gasteiger partial charge in [-0.1, -0.05) is 30.7 Å². The van der Waals surface area contributed by atoms with Gasteiger partial charge < -0.3 is 10.0 Å². The first-order valence-corrected chi connectivity index (χ1v) is 15.9. The number of nitrogens with zero attached hydrogens (tertiary/aromatic N) is 2. The van der Waals surface area contributed by atoms with Crippen LogP contribution in [0.4, 0.5) is 26.3 Å². The number of halogens is 6. The minimum Gasteiger partial charge on any atom is -0.480 e. The third-order valence-corrected chi connectivity index (χ3v) is 9.49. The van der Waals surface area contributed by atoms with Gasteiger partial charge in [-0.3, -0.25) is 14.4 Å². The lowest BCUT2D eigenvalue weighted by atomic mass is 9.77. The molecule has 2 fully saturated rings. The van der Waals surface area contributed by atoms with E-state index in [2.05, 4.69) is 9.64 Å². The number of hydrogen-bond acceptors (Lipinski definition) is 4. The van der Waals surface area contributed by atoms with Gasteiger partial charge in [0.25, 0.3) is 6.43 Å². The summed E-state index contributed by atoms with van der Waals surface area (Å²) in [5.74, 6) is -2.14. The van der Waals surface area contributed by atoms with Crippen LogP contribution in [0.3, 0.4) is 0 Å². The van der Waals surface area contributed by atoms with Gasteiger partial charge in [-0.15, -0.1) is 13.2 Å². The van der Waals surface area contributed by atoms with Crippen LogP contribution in [0.25, 0.3) is 0 Å². The fraction of sp³-hybridized carbons (Fsp3) is 0.618. The molecule has 0 spiro atoms. The molecule has 1 aliphatic heterocycles. The maximum absolute atomic E-state index is 15.1. The van der Waals surface area contributed by atoms with Gasteiger partial charge in [-0.25, -0.2) is 13.2 Å². The molecule has 1 heterocycles. The molecule has 5 nitrogen and oxygen atoms in total. The molecule has 2 aromatic carbocycles. The number of likely N-dealkylation sites (tertiary alicyclic amines) is 1. The highest BCUT2D eigenvalue weighted by Crippen LogP contribution is 2.41. The molecule has 1 N–H and O–H groups in total. The molecule has 0 bridgehead atoms. The van der Waals surface area contributed by atoms with Gasteiger partial charge in [0.1, 0.15) is 11.9 Å². The highest BCUT2D eigenvalue weighted by atomic mass is 19.4. The van der Waals surface area contributed by atoms with Crippen LogP contribution >= 0.6 is 0 Å². The smallest absolute Gasteiger partial charge is 0.480 e. The van der Waals surface area contributed by atoms with Crippen molar-refractivity contribution in [2.75, 3.05) is 33.2 Å². The zero-order chi connectivity index (χ0) is 32.7. The molecule has 0 radical (unpaired) electrons. The molecule has 45 heavy (non-hydrogen) atoms. The van der Waals surface area contributed by atoms with Crippen molar-refractivity contribution in [2.45, 2.75) is 101 Å². The van der Waals surface area contributed by atoms with Crippen LogP contribution in [0, 0.1) is 12.7 Å². The Kier molecular flexibility index (Phi) is 12.4. The van der Waals surface area contributed by atoms with Crippen LogP contribution in [0.5, 0.6) is 0 Å². The lowest BCUT2D eigenvalue weighted by molar-refractivity contribution is -0.345. The van der Waals surface area contributed by atoms with Crippen LogP contribution < -0.4 is 0 Å². The van der Waals surface area contributed by atoms with Crippen LogP contribution in [-0.2, 0) is 9.53 Å². The minimum atomic E-state index is -4.70. The summed E-state index contributed by atoms with van der Waals surface area (Å²) >= 11 is 0. The number of carboxylic acid groups (broad SMARTS) is 1. The first kappa shape index (κ1) is 35.2. The fourth-order valence-corrected chi connectivity index (χ4v) is 7.19. The SMILES string of the molecule is Cc1cccc([C@H](C(=O)O)N(C)CC[C@H](CCN2CCCCC2)c2cc(C(F)F)ccc2F)c1C1CCC(OC(F)(F)F)CC1. The summed E-state index contributed by atoms with van der Waals surface area (Å²) < 4.78 is 84.8. The molecule has 1 saturated carbocycles. The van der Waals surface area contributed by atoms with E-state index >= 15 is 4.39 Å². The monoisotopic (exact) mass is 642 g/mol. The Morgan fingerprint density at radius 2 is 1.71 bits per heavy atom. The fourth-order valence-electron chi connectivity index (χ4n) is 7.19. The van der Waals surface area contributed by atoms with E-state index in [1.54, 1.807) is 24.1 Å². The maximum atomic E-state index is 15.1. The molecular weight excluding hydrogens is 598 g/mol. The number of hydrogen-bond donors (Lipinski definition) is 1. The third kappa shape index (κ3) is 9.68. The summed E-state index contributed by atoms with van der Waals surface area (Å²) in [7, 11) is 1.69. The zero-order valence-electron chi connectivity index (χ0n) is 26.0. The van der Waals surface area contributed by atoms with Gasteiger partial charge >= 0.3 is 12.3 Å². The predicted octanol–water partition coefficient (Wildman–Crippen LogP) is 8.74. The summed E-state index contributed by atoms with van der Waals surface area (Å²) in [6.45, 7) is 4.71. The summed E-state index contributed by atoms with van der Waals surface area (Å²) in [6, 6.07) is 7.79. The molecular formula is C34H44F6N2O3. The third-order valence-electron chi connectivity index (χ3n) is 9.49. The Balaban J connectivity index is 1.54. The molecule has 0 aromatic heterocycles. The van der Waals surface area contributed by atoms with Crippen molar-refractivity contribution in [2.24, 2.45) is 0 Å². The van der Waals surface area contributed by atoms with Gasteiger partial charge in [0.05, 0.1) is 6.10 Å². The highest BCUT2D eigenvalue weighted by molar-refractivity contribution is 5.76. The average Bonchev–Trinajstić information content (AvgIpc) is 2.98. The van der Waals surface area contributed by atoms with E-state index in [9.17, 15) is 31.9 Å². The Morgan fingerprint density at radius 3 is 2.33 bits per heavy atom. The predicted molar refractivity (Wildman–Crippen MR) is 160 cm³/mol. The van der Waals surface area contributed by atoms with Crippen molar-refractivity contribution in [1.29, 1.82) is 0 Å². The largest absolute Gasteiger partial charge is 0.522 e. The molecule has 0 amide bonds. The minimum absolute atomic E-state index is 0.118. The van der Waals surface area contributed by atoms with Crippen LogP contribution in [0.2, 0.25) is 0 Å². The summed E-state index contributed by atoms with van der Waals surface area (Å²) in [6.07, 6.45) is -2.81. The molecule has 1 saturated heterocycles. The topological polar surface area (TPSA) is 53.0 Å². The number of likely N-dealkylation sites (N-methyl/N-ethyl adjacent to an activating group) is 1. The number of rotatable bonds is 13. The van der Waals surface area contributed by atoms with Gasteiger partial charge in [0.2, 0.25) is 0 Å². The summed E-state index contributed by atoms with van der Waals surface area (Å²) in [5.41, 5.74) is 2.27. The van der Waals surface area contributed by atoms with E-state index in [0.29, 0.717) is 37.8 Å². The molecule has 2 atom stereocenters. The lowest BCUT2D eigenvalue weighted by Crippen LogP contribution is -2.35.